The van der Waals surface area contributed by atoms with E-state index in [1.54, 1.807) is 0 Å². The minimum Gasteiger partial charge on any atom is -0.480 e. The number of hydrogen-bond acceptors (Lipinski definition) is 2. The lowest BCUT2D eigenvalue weighted by Crippen LogP contribution is -2.40. The van der Waals surface area contributed by atoms with Crippen LogP contribution in [0.3, 0.4) is 0 Å². The molecule has 0 bridgehead atoms. The summed E-state index contributed by atoms with van der Waals surface area (Å²) in [7, 11) is 0. The summed E-state index contributed by atoms with van der Waals surface area (Å²) < 4.78 is 6.20. The Morgan fingerprint density at radius 3 is 2.50 bits per heavy atom. The zero-order chi connectivity index (χ0) is 20.9. The number of amides is 1. The van der Waals surface area contributed by atoms with Gasteiger partial charge in [-0.2, -0.15) is 0 Å². The lowest BCUT2D eigenvalue weighted by molar-refractivity contribution is -0.128. The Kier molecular flexibility index (Phi) is 6.37. The number of hydrogen-bond donors (Lipinski definition) is 1. The van der Waals surface area contributed by atoms with Crippen molar-refractivity contribution in [3.8, 4) is 5.75 Å². The standard InChI is InChI=1S/C27H31NO2/c1-3-24(22-17-16-19-10-5-6-12-21(19)18-22)28-27(29)25(4-2)30-26-15-9-13-20-11-7-8-14-23(20)26/h7-9,11,13-18,24-25H,3-6,10,12H2,1-2H3,(H,28,29). The fourth-order valence-corrected chi connectivity index (χ4v) is 4.43. The fraction of sp³-hybridized carbons (Fsp3) is 0.370. The molecule has 1 amide bonds. The highest BCUT2D eigenvalue weighted by Crippen LogP contribution is 2.28. The van der Waals surface area contributed by atoms with Crippen LogP contribution in [0.4, 0.5) is 0 Å². The van der Waals surface area contributed by atoms with Gasteiger partial charge in [-0.1, -0.05) is 68.4 Å². The van der Waals surface area contributed by atoms with Gasteiger partial charge in [-0.3, -0.25) is 4.79 Å². The molecule has 2 atom stereocenters. The molecule has 1 aliphatic carbocycles. The highest BCUT2D eigenvalue weighted by Gasteiger charge is 2.23. The Hall–Kier alpha value is -2.81. The van der Waals surface area contributed by atoms with Crippen LogP contribution in [0.5, 0.6) is 5.75 Å². The van der Waals surface area contributed by atoms with Gasteiger partial charge in [-0.25, -0.2) is 0 Å². The summed E-state index contributed by atoms with van der Waals surface area (Å²) in [6.07, 6.45) is 5.83. The molecular formula is C27H31NO2. The minimum absolute atomic E-state index is 0.00916. The van der Waals surface area contributed by atoms with Gasteiger partial charge >= 0.3 is 0 Å². The van der Waals surface area contributed by atoms with E-state index in [4.69, 9.17) is 4.74 Å². The maximum atomic E-state index is 13.1. The Morgan fingerprint density at radius 2 is 1.70 bits per heavy atom. The normalized spacial score (nSPS) is 15.3. The average molecular weight is 402 g/mol. The van der Waals surface area contributed by atoms with Crippen LogP contribution in [0.15, 0.2) is 60.7 Å². The number of fused-ring (bicyclic) bond motifs is 2. The average Bonchev–Trinajstić information content (AvgIpc) is 2.80. The molecule has 30 heavy (non-hydrogen) atoms. The molecular weight excluding hydrogens is 370 g/mol. The van der Waals surface area contributed by atoms with E-state index >= 15 is 0 Å². The van der Waals surface area contributed by atoms with Gasteiger partial charge in [0.2, 0.25) is 0 Å². The number of aryl methyl sites for hydroxylation is 2. The molecule has 1 aliphatic rings. The first-order chi connectivity index (χ1) is 14.7. The van der Waals surface area contributed by atoms with Gasteiger partial charge in [0.05, 0.1) is 6.04 Å². The summed E-state index contributed by atoms with van der Waals surface area (Å²) in [5.74, 6) is 0.715. The van der Waals surface area contributed by atoms with Gasteiger partial charge in [0, 0.05) is 5.39 Å². The number of benzene rings is 3. The Morgan fingerprint density at radius 1 is 0.933 bits per heavy atom. The Bertz CT molecular complexity index is 1020. The molecule has 3 aromatic carbocycles. The van der Waals surface area contributed by atoms with Crippen molar-refractivity contribution in [2.45, 2.75) is 64.5 Å². The summed E-state index contributed by atoms with van der Waals surface area (Å²) in [5, 5.41) is 5.40. The zero-order valence-electron chi connectivity index (χ0n) is 18.0. The summed E-state index contributed by atoms with van der Waals surface area (Å²) in [4.78, 5) is 13.1. The van der Waals surface area contributed by atoms with Gasteiger partial charge in [-0.15, -0.1) is 0 Å². The molecule has 0 aromatic heterocycles. The second kappa shape index (κ2) is 9.34. The number of carbonyl (C=O) groups excluding carboxylic acids is 1. The van der Waals surface area contributed by atoms with Crippen molar-refractivity contribution < 1.29 is 9.53 Å². The van der Waals surface area contributed by atoms with E-state index in [9.17, 15) is 4.79 Å². The third-order valence-electron chi connectivity index (χ3n) is 6.18. The predicted molar refractivity (Wildman–Crippen MR) is 123 cm³/mol. The van der Waals surface area contributed by atoms with Crippen LogP contribution in [0, 0.1) is 0 Å². The van der Waals surface area contributed by atoms with Crippen LogP contribution in [0.2, 0.25) is 0 Å². The second-order valence-electron chi connectivity index (χ2n) is 8.20. The molecule has 0 spiro atoms. The molecule has 2 unspecified atom stereocenters. The highest BCUT2D eigenvalue weighted by atomic mass is 16.5. The van der Waals surface area contributed by atoms with Crippen molar-refractivity contribution in [2.75, 3.05) is 0 Å². The van der Waals surface area contributed by atoms with Crippen molar-refractivity contribution >= 4 is 16.7 Å². The molecule has 156 valence electrons. The molecule has 3 aromatic rings. The second-order valence-corrected chi connectivity index (χ2v) is 8.20. The van der Waals surface area contributed by atoms with Gasteiger partial charge in [0.25, 0.3) is 5.91 Å². The highest BCUT2D eigenvalue weighted by molar-refractivity contribution is 5.89. The molecule has 3 nitrogen and oxygen atoms in total. The number of carbonyl (C=O) groups is 1. The molecule has 0 saturated carbocycles. The quantitative estimate of drug-likeness (QED) is 0.516. The van der Waals surface area contributed by atoms with E-state index in [0.717, 1.165) is 29.4 Å². The van der Waals surface area contributed by atoms with Gasteiger partial charge in [-0.05, 0) is 66.7 Å². The van der Waals surface area contributed by atoms with Crippen LogP contribution in [0.25, 0.3) is 10.8 Å². The molecule has 1 N–H and O–H groups in total. The Balaban J connectivity index is 1.50. The first kappa shape index (κ1) is 20.5. The van der Waals surface area contributed by atoms with Crippen LogP contribution in [-0.4, -0.2) is 12.0 Å². The van der Waals surface area contributed by atoms with E-state index in [0.29, 0.717) is 6.42 Å². The summed E-state index contributed by atoms with van der Waals surface area (Å²) >= 11 is 0. The van der Waals surface area contributed by atoms with E-state index in [2.05, 4.69) is 42.6 Å². The minimum atomic E-state index is -0.512. The van der Waals surface area contributed by atoms with E-state index in [1.165, 1.54) is 36.0 Å². The van der Waals surface area contributed by atoms with Crippen molar-refractivity contribution in [3.63, 3.8) is 0 Å². The van der Waals surface area contributed by atoms with Gasteiger partial charge in [0.1, 0.15) is 5.75 Å². The third kappa shape index (κ3) is 4.35. The molecule has 4 rings (SSSR count). The van der Waals surface area contributed by atoms with Crippen molar-refractivity contribution in [1.82, 2.24) is 5.32 Å². The topological polar surface area (TPSA) is 38.3 Å². The zero-order valence-corrected chi connectivity index (χ0v) is 18.0. The molecule has 0 heterocycles. The maximum absolute atomic E-state index is 13.1. The predicted octanol–water partition coefficient (Wildman–Crippen LogP) is 6.14. The van der Waals surface area contributed by atoms with Gasteiger partial charge in [0.15, 0.2) is 6.10 Å². The van der Waals surface area contributed by atoms with Crippen molar-refractivity contribution in [3.05, 3.63) is 77.4 Å². The van der Waals surface area contributed by atoms with E-state index in [1.807, 2.05) is 37.3 Å². The number of rotatable bonds is 7. The largest absolute Gasteiger partial charge is 0.480 e. The summed E-state index contributed by atoms with van der Waals surface area (Å²) in [6, 6.07) is 20.8. The number of ether oxygens (including phenoxy) is 1. The molecule has 3 heteroatoms. The van der Waals surface area contributed by atoms with Crippen molar-refractivity contribution in [2.24, 2.45) is 0 Å². The van der Waals surface area contributed by atoms with Crippen LogP contribution < -0.4 is 10.1 Å². The fourth-order valence-electron chi connectivity index (χ4n) is 4.43. The van der Waals surface area contributed by atoms with Crippen molar-refractivity contribution in [1.29, 1.82) is 0 Å². The van der Waals surface area contributed by atoms with Crippen LogP contribution in [-0.2, 0) is 17.6 Å². The third-order valence-corrected chi connectivity index (χ3v) is 6.18. The van der Waals surface area contributed by atoms with E-state index in [-0.39, 0.29) is 11.9 Å². The van der Waals surface area contributed by atoms with Crippen LogP contribution >= 0.6 is 0 Å². The lowest BCUT2D eigenvalue weighted by Gasteiger charge is -2.24. The molecule has 0 saturated heterocycles. The number of nitrogens with one attached hydrogen (secondary N) is 1. The lowest BCUT2D eigenvalue weighted by atomic mass is 9.88. The molecule has 0 aliphatic heterocycles. The molecule has 0 fully saturated rings. The Labute approximate surface area is 179 Å². The van der Waals surface area contributed by atoms with Gasteiger partial charge < -0.3 is 10.1 Å². The smallest absolute Gasteiger partial charge is 0.261 e. The summed E-state index contributed by atoms with van der Waals surface area (Å²) in [6.45, 7) is 4.12. The summed E-state index contributed by atoms with van der Waals surface area (Å²) in [5.41, 5.74) is 4.12. The molecule has 0 radical (unpaired) electrons. The SMILES string of the molecule is CCC(Oc1cccc2ccccc12)C(=O)NC(CC)c1ccc2c(c1)CCCC2. The van der Waals surface area contributed by atoms with E-state index < -0.39 is 6.10 Å². The first-order valence-electron chi connectivity index (χ1n) is 11.3. The van der Waals surface area contributed by atoms with Crippen LogP contribution in [0.1, 0.15) is 62.3 Å². The maximum Gasteiger partial charge on any atom is 0.261 e. The first-order valence-corrected chi connectivity index (χ1v) is 11.3. The monoisotopic (exact) mass is 401 g/mol.